The molecule has 1 aromatic carbocycles. The summed E-state index contributed by atoms with van der Waals surface area (Å²) in [5, 5.41) is 11.1. The minimum absolute atomic E-state index is 0.0577. The van der Waals surface area contributed by atoms with Crippen LogP contribution in [-0.2, 0) is 9.59 Å². The fourth-order valence-corrected chi connectivity index (χ4v) is 4.15. The van der Waals surface area contributed by atoms with Crippen LogP contribution in [0.1, 0.15) is 44.9 Å². The van der Waals surface area contributed by atoms with E-state index in [2.05, 4.69) is 23.7 Å². The molecule has 1 unspecified atom stereocenters. The second-order valence-corrected chi connectivity index (χ2v) is 7.83. The van der Waals surface area contributed by atoms with Gasteiger partial charge in [0.1, 0.15) is 5.76 Å². The summed E-state index contributed by atoms with van der Waals surface area (Å²) in [7, 11) is 0. The van der Waals surface area contributed by atoms with Crippen molar-refractivity contribution in [3.63, 3.8) is 0 Å². The molecule has 2 aromatic rings. The number of carbonyl (C=O) groups is 2. The fraction of sp³-hybridized carbons (Fsp3) is 0.423. The number of amides is 1. The molecular weight excluding hydrogens is 434 g/mol. The molecule has 1 aliphatic heterocycles. The number of aromatic nitrogens is 1. The first-order valence-electron chi connectivity index (χ1n) is 11.8. The first kappa shape index (κ1) is 25.2. The van der Waals surface area contributed by atoms with Crippen molar-refractivity contribution in [1.29, 1.82) is 0 Å². The van der Waals surface area contributed by atoms with Gasteiger partial charge in [0.05, 0.1) is 24.8 Å². The Balaban J connectivity index is 2.13. The summed E-state index contributed by atoms with van der Waals surface area (Å²) in [6.45, 7) is 11.4. The highest BCUT2D eigenvalue weighted by molar-refractivity contribution is 6.46. The van der Waals surface area contributed by atoms with Crippen LogP contribution in [0.5, 0.6) is 11.5 Å². The summed E-state index contributed by atoms with van der Waals surface area (Å²) in [5.74, 6) is -0.435. The number of likely N-dealkylation sites (N-methyl/N-ethyl adjacent to an activating group) is 1. The Bertz CT molecular complexity index is 1030. The molecule has 182 valence electrons. The number of hydrogen-bond acceptors (Lipinski definition) is 7. The Hall–Kier alpha value is -3.39. The van der Waals surface area contributed by atoms with Gasteiger partial charge in [0.2, 0.25) is 0 Å². The van der Waals surface area contributed by atoms with E-state index in [4.69, 9.17) is 9.47 Å². The lowest BCUT2D eigenvalue weighted by Gasteiger charge is -2.28. The van der Waals surface area contributed by atoms with Crippen molar-refractivity contribution in [2.75, 3.05) is 39.4 Å². The molecule has 0 saturated carbocycles. The maximum Gasteiger partial charge on any atom is 0.295 e. The Labute approximate surface area is 200 Å². The van der Waals surface area contributed by atoms with Crippen molar-refractivity contribution in [3.8, 4) is 11.5 Å². The quantitative estimate of drug-likeness (QED) is 0.306. The lowest BCUT2D eigenvalue weighted by Crippen LogP contribution is -2.38. The first-order valence-corrected chi connectivity index (χ1v) is 11.8. The van der Waals surface area contributed by atoms with Crippen LogP contribution >= 0.6 is 0 Å². The molecule has 3 rings (SSSR count). The predicted molar refractivity (Wildman–Crippen MR) is 130 cm³/mol. The van der Waals surface area contributed by atoms with E-state index >= 15 is 0 Å². The Morgan fingerprint density at radius 3 is 2.26 bits per heavy atom. The number of rotatable bonds is 11. The third-order valence-electron chi connectivity index (χ3n) is 5.93. The topological polar surface area (TPSA) is 92.2 Å². The van der Waals surface area contributed by atoms with E-state index in [0.717, 1.165) is 13.1 Å². The largest absolute Gasteiger partial charge is 0.507 e. The van der Waals surface area contributed by atoms with E-state index in [1.54, 1.807) is 29.2 Å². The summed E-state index contributed by atoms with van der Waals surface area (Å²) in [6.07, 6.45) is 3.06. The van der Waals surface area contributed by atoms with E-state index in [1.807, 2.05) is 19.9 Å². The second kappa shape index (κ2) is 11.7. The first-order chi connectivity index (χ1) is 16.5. The lowest BCUT2D eigenvalue weighted by atomic mass is 9.95. The number of hydrogen-bond donors (Lipinski definition) is 1. The second-order valence-electron chi connectivity index (χ2n) is 7.83. The monoisotopic (exact) mass is 467 g/mol. The number of Topliss-reactive ketones (excluding diaryl/α,β-unsaturated/α-hetero) is 1. The maximum absolute atomic E-state index is 13.2. The molecule has 1 atom stereocenters. The van der Waals surface area contributed by atoms with Gasteiger partial charge in [0.25, 0.3) is 11.7 Å². The van der Waals surface area contributed by atoms with Crippen LogP contribution in [0.25, 0.3) is 5.76 Å². The van der Waals surface area contributed by atoms with Gasteiger partial charge in [-0.3, -0.25) is 14.6 Å². The summed E-state index contributed by atoms with van der Waals surface area (Å²) in [6, 6.07) is 7.85. The highest BCUT2D eigenvalue weighted by Crippen LogP contribution is 2.41. The van der Waals surface area contributed by atoms with Crippen molar-refractivity contribution < 1.29 is 24.2 Å². The van der Waals surface area contributed by atoms with Crippen LogP contribution in [0.3, 0.4) is 0 Å². The van der Waals surface area contributed by atoms with Gasteiger partial charge < -0.3 is 24.4 Å². The zero-order valence-electron chi connectivity index (χ0n) is 20.3. The van der Waals surface area contributed by atoms with Gasteiger partial charge in [0, 0.05) is 31.0 Å². The van der Waals surface area contributed by atoms with Crippen molar-refractivity contribution in [3.05, 3.63) is 59.4 Å². The number of ketones is 1. The Kier molecular flexibility index (Phi) is 8.65. The number of benzene rings is 1. The van der Waals surface area contributed by atoms with Gasteiger partial charge in [0.15, 0.2) is 11.5 Å². The van der Waals surface area contributed by atoms with E-state index in [0.29, 0.717) is 48.9 Å². The molecule has 1 N–H and O–H groups in total. The molecule has 1 aliphatic rings. The summed E-state index contributed by atoms with van der Waals surface area (Å²) in [4.78, 5) is 34.0. The Morgan fingerprint density at radius 1 is 1.00 bits per heavy atom. The molecular formula is C26H33N3O5. The molecule has 0 spiro atoms. The molecule has 8 nitrogen and oxygen atoms in total. The van der Waals surface area contributed by atoms with Crippen LogP contribution < -0.4 is 9.47 Å². The average Bonchev–Trinajstić information content (AvgIpc) is 3.11. The summed E-state index contributed by atoms with van der Waals surface area (Å²) >= 11 is 0. The molecule has 1 saturated heterocycles. The zero-order valence-corrected chi connectivity index (χ0v) is 20.3. The molecule has 0 bridgehead atoms. The molecule has 1 amide bonds. The number of aliphatic hydroxyl groups excluding tert-OH is 1. The maximum atomic E-state index is 13.2. The van der Waals surface area contributed by atoms with Gasteiger partial charge in [-0.05, 0) is 56.8 Å². The van der Waals surface area contributed by atoms with Crippen LogP contribution in [0.4, 0.5) is 0 Å². The number of nitrogens with zero attached hydrogens (tertiary/aromatic N) is 3. The fourth-order valence-electron chi connectivity index (χ4n) is 4.15. The van der Waals surface area contributed by atoms with Crippen molar-refractivity contribution in [2.45, 2.75) is 33.7 Å². The third kappa shape index (κ3) is 5.22. The molecule has 8 heteroatoms. The number of ether oxygens (including phenoxy) is 2. The van der Waals surface area contributed by atoms with Gasteiger partial charge in [-0.2, -0.15) is 0 Å². The van der Waals surface area contributed by atoms with Crippen LogP contribution in [0.2, 0.25) is 0 Å². The van der Waals surface area contributed by atoms with Gasteiger partial charge in [-0.25, -0.2) is 0 Å². The minimum atomic E-state index is -0.751. The lowest BCUT2D eigenvalue weighted by molar-refractivity contribution is -0.140. The summed E-state index contributed by atoms with van der Waals surface area (Å²) in [5.41, 5.74) is 1.15. The Morgan fingerprint density at radius 2 is 1.65 bits per heavy atom. The molecule has 0 radical (unpaired) electrons. The van der Waals surface area contributed by atoms with Crippen LogP contribution in [-0.4, -0.2) is 71.0 Å². The molecule has 0 aliphatic carbocycles. The number of likely N-dealkylation sites (tertiary alicyclic amines) is 1. The van der Waals surface area contributed by atoms with E-state index in [1.165, 1.54) is 12.4 Å². The molecule has 2 heterocycles. The molecule has 34 heavy (non-hydrogen) atoms. The van der Waals surface area contributed by atoms with Crippen LogP contribution in [0, 0.1) is 0 Å². The third-order valence-corrected chi connectivity index (χ3v) is 5.93. The molecule has 1 aromatic heterocycles. The predicted octanol–water partition coefficient (Wildman–Crippen LogP) is 3.64. The number of aliphatic hydroxyl groups is 1. The van der Waals surface area contributed by atoms with Crippen molar-refractivity contribution in [2.24, 2.45) is 0 Å². The van der Waals surface area contributed by atoms with Crippen molar-refractivity contribution >= 4 is 17.4 Å². The van der Waals surface area contributed by atoms with E-state index < -0.39 is 17.7 Å². The van der Waals surface area contributed by atoms with Crippen LogP contribution in [0.15, 0.2) is 48.3 Å². The van der Waals surface area contributed by atoms with Gasteiger partial charge in [-0.1, -0.05) is 19.9 Å². The minimum Gasteiger partial charge on any atom is -0.507 e. The highest BCUT2D eigenvalue weighted by Gasteiger charge is 2.46. The van der Waals surface area contributed by atoms with E-state index in [9.17, 15) is 14.7 Å². The smallest absolute Gasteiger partial charge is 0.295 e. The van der Waals surface area contributed by atoms with Gasteiger partial charge in [-0.15, -0.1) is 0 Å². The molecule has 1 fully saturated rings. The van der Waals surface area contributed by atoms with Gasteiger partial charge >= 0.3 is 0 Å². The van der Waals surface area contributed by atoms with E-state index in [-0.39, 0.29) is 11.3 Å². The zero-order chi connectivity index (χ0) is 24.7. The van der Waals surface area contributed by atoms with Crippen molar-refractivity contribution in [1.82, 2.24) is 14.8 Å². The highest BCUT2D eigenvalue weighted by atomic mass is 16.5. The normalized spacial score (nSPS) is 17.4. The summed E-state index contributed by atoms with van der Waals surface area (Å²) < 4.78 is 11.5. The SMILES string of the molecule is CCOc1ccc(C2/C(=C(\O)c3ccncc3)C(=O)C(=O)N2CCN(CC)CC)cc1OCC. The standard InChI is InChI=1S/C26H33N3O5/c1-5-28(6-2)15-16-29-23(19-9-10-20(33-7-3)21(17-19)34-8-4)22(25(31)26(29)32)24(30)18-11-13-27-14-12-18/h9-14,17,23,30H,5-8,15-16H2,1-4H3/b24-22+. The number of carbonyl (C=O) groups excluding carboxylic acids is 2. The number of pyridine rings is 1. The average molecular weight is 468 g/mol.